The number of amides is 2. The molecule has 172 valence electrons. The van der Waals surface area contributed by atoms with Gasteiger partial charge in [0.1, 0.15) is 5.82 Å². The molecule has 0 spiro atoms. The average molecular weight is 472 g/mol. The number of nitrogens with one attached hydrogen (secondary N) is 2. The number of hydrazine groups is 1. The predicted molar refractivity (Wildman–Crippen MR) is 122 cm³/mol. The molecule has 33 heavy (non-hydrogen) atoms. The number of benzene rings is 1. The zero-order chi connectivity index (χ0) is 23.4. The van der Waals surface area contributed by atoms with Crippen molar-refractivity contribution in [3.63, 3.8) is 0 Å². The van der Waals surface area contributed by atoms with Crippen LogP contribution < -0.4 is 16.3 Å². The standard InChI is InChI=1S/C23H23ClFN5O3/c24-16-4-3-9-29(13-16)27-21(31)15-28-11-8-17(14-28)26-23(33)19-7-6-18(12-20(19)25)30-10-2-1-5-22(30)32/h1-7,10,12-13,17H,8-9,11,14-15H2,(H,26,33)(H,27,31)/t17-/m1/s1. The lowest BCUT2D eigenvalue weighted by Crippen LogP contribution is -2.45. The molecule has 4 rings (SSSR count). The van der Waals surface area contributed by atoms with Crippen molar-refractivity contribution in [3.05, 3.63) is 87.7 Å². The van der Waals surface area contributed by atoms with Crippen LogP contribution in [0.15, 0.2) is 70.8 Å². The quantitative estimate of drug-likeness (QED) is 0.670. The van der Waals surface area contributed by atoms with Crippen molar-refractivity contribution >= 4 is 23.4 Å². The van der Waals surface area contributed by atoms with E-state index in [1.165, 1.54) is 29.0 Å². The molecule has 1 aromatic heterocycles. The van der Waals surface area contributed by atoms with Gasteiger partial charge in [0.15, 0.2) is 0 Å². The summed E-state index contributed by atoms with van der Waals surface area (Å²) in [7, 11) is 0. The topological polar surface area (TPSA) is 86.7 Å². The lowest BCUT2D eigenvalue weighted by atomic mass is 10.1. The third-order valence-electron chi connectivity index (χ3n) is 5.40. The van der Waals surface area contributed by atoms with Gasteiger partial charge in [-0.1, -0.05) is 23.7 Å². The molecule has 1 atom stereocenters. The first-order chi connectivity index (χ1) is 15.9. The maximum atomic E-state index is 14.6. The lowest BCUT2D eigenvalue weighted by Gasteiger charge is -2.24. The van der Waals surface area contributed by atoms with Crippen LogP contribution in [0.3, 0.4) is 0 Å². The second-order valence-electron chi connectivity index (χ2n) is 7.87. The third-order valence-corrected chi connectivity index (χ3v) is 5.62. The smallest absolute Gasteiger partial charge is 0.255 e. The molecule has 0 aliphatic carbocycles. The highest BCUT2D eigenvalue weighted by atomic mass is 35.5. The first-order valence-electron chi connectivity index (χ1n) is 10.5. The zero-order valence-electron chi connectivity index (χ0n) is 17.7. The highest BCUT2D eigenvalue weighted by molar-refractivity contribution is 6.31. The fourth-order valence-corrected chi connectivity index (χ4v) is 4.04. The first kappa shape index (κ1) is 22.8. The van der Waals surface area contributed by atoms with E-state index in [0.717, 1.165) is 6.07 Å². The number of allylic oxidation sites excluding steroid dienone is 2. The molecule has 2 N–H and O–H groups in total. The van der Waals surface area contributed by atoms with E-state index < -0.39 is 11.7 Å². The Morgan fingerprint density at radius 2 is 2.06 bits per heavy atom. The molecule has 1 saturated heterocycles. The molecular weight excluding hydrogens is 449 g/mol. The highest BCUT2D eigenvalue weighted by Crippen LogP contribution is 2.15. The minimum Gasteiger partial charge on any atom is -0.348 e. The SMILES string of the molecule is O=C(CN1CC[C@@H](NC(=O)c2ccc(-n3ccccc3=O)cc2F)C1)NN1C=C(Cl)C=CC1. The van der Waals surface area contributed by atoms with E-state index in [4.69, 9.17) is 11.6 Å². The molecule has 1 aromatic carbocycles. The molecule has 0 saturated carbocycles. The monoisotopic (exact) mass is 471 g/mol. The van der Waals surface area contributed by atoms with Crippen molar-refractivity contribution in [3.8, 4) is 5.69 Å². The summed E-state index contributed by atoms with van der Waals surface area (Å²) >= 11 is 5.93. The predicted octanol–water partition coefficient (Wildman–Crippen LogP) is 1.76. The van der Waals surface area contributed by atoms with Crippen LogP contribution in [0.5, 0.6) is 0 Å². The van der Waals surface area contributed by atoms with Gasteiger partial charge in [0.25, 0.3) is 17.4 Å². The summed E-state index contributed by atoms with van der Waals surface area (Å²) in [5.74, 6) is -1.43. The zero-order valence-corrected chi connectivity index (χ0v) is 18.5. The van der Waals surface area contributed by atoms with E-state index >= 15 is 0 Å². The Bertz CT molecular complexity index is 1180. The van der Waals surface area contributed by atoms with Crippen LogP contribution >= 0.6 is 11.6 Å². The maximum absolute atomic E-state index is 14.6. The van der Waals surface area contributed by atoms with Crippen LogP contribution in [0.1, 0.15) is 16.8 Å². The summed E-state index contributed by atoms with van der Waals surface area (Å²) in [6.45, 7) is 1.82. The van der Waals surface area contributed by atoms with Gasteiger partial charge in [-0.3, -0.25) is 34.3 Å². The van der Waals surface area contributed by atoms with Crippen molar-refractivity contribution in [2.24, 2.45) is 0 Å². The fraction of sp³-hybridized carbons (Fsp3) is 0.261. The number of nitrogens with zero attached hydrogens (tertiary/aromatic N) is 3. The van der Waals surface area contributed by atoms with Gasteiger partial charge in [-0.15, -0.1) is 0 Å². The molecule has 2 aliphatic heterocycles. The summed E-state index contributed by atoms with van der Waals surface area (Å²) < 4.78 is 15.9. The van der Waals surface area contributed by atoms with Gasteiger partial charge in [0, 0.05) is 37.6 Å². The molecular formula is C23H23ClFN5O3. The van der Waals surface area contributed by atoms with Crippen molar-refractivity contribution in [2.75, 3.05) is 26.2 Å². The Morgan fingerprint density at radius 1 is 1.21 bits per heavy atom. The molecule has 0 radical (unpaired) electrons. The molecule has 1 fully saturated rings. The number of carbonyl (C=O) groups is 2. The molecule has 10 heteroatoms. The molecule has 2 aliphatic rings. The van der Waals surface area contributed by atoms with Crippen molar-refractivity contribution < 1.29 is 14.0 Å². The van der Waals surface area contributed by atoms with Gasteiger partial charge in [-0.25, -0.2) is 4.39 Å². The van der Waals surface area contributed by atoms with Gasteiger partial charge < -0.3 is 5.32 Å². The van der Waals surface area contributed by atoms with Crippen molar-refractivity contribution in [1.82, 2.24) is 25.2 Å². The van der Waals surface area contributed by atoms with Gasteiger partial charge in [-0.2, -0.15) is 0 Å². The van der Waals surface area contributed by atoms with Crippen LogP contribution in [-0.4, -0.2) is 58.5 Å². The lowest BCUT2D eigenvalue weighted by molar-refractivity contribution is -0.125. The largest absolute Gasteiger partial charge is 0.348 e. The summed E-state index contributed by atoms with van der Waals surface area (Å²) in [5.41, 5.74) is 2.72. The van der Waals surface area contributed by atoms with Gasteiger partial charge in [0.2, 0.25) is 0 Å². The Hall–Kier alpha value is -3.43. The van der Waals surface area contributed by atoms with E-state index in [1.807, 2.05) is 11.0 Å². The van der Waals surface area contributed by atoms with E-state index in [0.29, 0.717) is 36.8 Å². The van der Waals surface area contributed by atoms with Crippen LogP contribution in [0, 0.1) is 5.82 Å². The van der Waals surface area contributed by atoms with Crippen molar-refractivity contribution in [2.45, 2.75) is 12.5 Å². The second-order valence-corrected chi connectivity index (χ2v) is 8.31. The minimum atomic E-state index is -0.711. The normalized spacial score (nSPS) is 18.2. The molecule has 0 unspecified atom stereocenters. The number of pyridine rings is 1. The first-order valence-corrected chi connectivity index (χ1v) is 10.9. The second kappa shape index (κ2) is 10.0. The molecule has 0 bridgehead atoms. The summed E-state index contributed by atoms with van der Waals surface area (Å²) in [6.07, 6.45) is 7.42. The maximum Gasteiger partial charge on any atom is 0.255 e. The van der Waals surface area contributed by atoms with Crippen LogP contribution in [0.4, 0.5) is 4.39 Å². The van der Waals surface area contributed by atoms with E-state index in [1.54, 1.807) is 29.4 Å². The number of hydrogen-bond acceptors (Lipinski definition) is 5. The summed E-state index contributed by atoms with van der Waals surface area (Å²) in [6, 6.07) is 8.50. The molecule has 2 amide bonds. The number of rotatable bonds is 6. The van der Waals surface area contributed by atoms with Crippen LogP contribution in [0.25, 0.3) is 5.69 Å². The molecule has 8 nitrogen and oxygen atoms in total. The third kappa shape index (κ3) is 5.68. The summed E-state index contributed by atoms with van der Waals surface area (Å²) in [4.78, 5) is 38.7. The number of hydrogen-bond donors (Lipinski definition) is 2. The average Bonchev–Trinajstić information content (AvgIpc) is 3.20. The Morgan fingerprint density at radius 3 is 2.82 bits per heavy atom. The molecule has 2 aromatic rings. The van der Waals surface area contributed by atoms with E-state index in [9.17, 15) is 18.8 Å². The van der Waals surface area contributed by atoms with Crippen LogP contribution in [0.2, 0.25) is 0 Å². The van der Waals surface area contributed by atoms with E-state index in [-0.39, 0.29) is 29.6 Å². The van der Waals surface area contributed by atoms with Crippen molar-refractivity contribution in [1.29, 1.82) is 0 Å². The van der Waals surface area contributed by atoms with Gasteiger partial charge in [-0.05, 0) is 36.8 Å². The Balaban J connectivity index is 1.30. The number of likely N-dealkylation sites (tertiary alicyclic amines) is 1. The Labute approximate surface area is 194 Å². The fourth-order valence-electron chi connectivity index (χ4n) is 3.84. The van der Waals surface area contributed by atoms with Gasteiger partial charge in [0.05, 0.1) is 29.4 Å². The number of carbonyl (C=O) groups excluding carboxylic acids is 2. The molecule has 3 heterocycles. The minimum absolute atomic E-state index is 0.0965. The number of aromatic nitrogens is 1. The highest BCUT2D eigenvalue weighted by Gasteiger charge is 2.26. The summed E-state index contributed by atoms with van der Waals surface area (Å²) in [5, 5.41) is 4.97. The Kier molecular flexibility index (Phi) is 6.90. The van der Waals surface area contributed by atoms with Gasteiger partial charge >= 0.3 is 0 Å². The number of halogens is 2. The van der Waals surface area contributed by atoms with E-state index in [2.05, 4.69) is 10.7 Å². The van der Waals surface area contributed by atoms with Crippen LogP contribution in [-0.2, 0) is 4.79 Å².